The lowest BCUT2D eigenvalue weighted by Gasteiger charge is -2.34. The van der Waals surface area contributed by atoms with E-state index in [0.717, 1.165) is 24.4 Å². The summed E-state index contributed by atoms with van der Waals surface area (Å²) in [6.07, 6.45) is 6.35. The van der Waals surface area contributed by atoms with Crippen molar-refractivity contribution in [3.05, 3.63) is 54.1 Å². The van der Waals surface area contributed by atoms with Gasteiger partial charge in [-0.3, -0.25) is 9.59 Å². The van der Waals surface area contributed by atoms with Crippen molar-refractivity contribution in [3.63, 3.8) is 0 Å². The zero-order valence-electron chi connectivity index (χ0n) is 19.2. The van der Waals surface area contributed by atoms with Gasteiger partial charge in [0.15, 0.2) is 0 Å². The Morgan fingerprint density at radius 1 is 0.879 bits per heavy atom. The number of amides is 2. The molecule has 2 aromatic carbocycles. The number of hydrogen-bond acceptors (Lipinski definition) is 5. The van der Waals surface area contributed by atoms with E-state index in [1.54, 1.807) is 34.1 Å². The van der Waals surface area contributed by atoms with E-state index in [9.17, 15) is 9.59 Å². The van der Waals surface area contributed by atoms with Gasteiger partial charge in [0.05, 0.1) is 6.61 Å². The number of anilines is 2. The van der Waals surface area contributed by atoms with Crippen molar-refractivity contribution in [3.8, 4) is 5.75 Å². The molecule has 2 fully saturated rings. The molecular formula is C26H34N4O3. The zero-order valence-corrected chi connectivity index (χ0v) is 19.2. The normalized spacial score (nSPS) is 17.6. The predicted molar refractivity (Wildman–Crippen MR) is 131 cm³/mol. The Morgan fingerprint density at radius 3 is 2.24 bits per heavy atom. The quantitative estimate of drug-likeness (QED) is 0.517. The van der Waals surface area contributed by atoms with Crippen molar-refractivity contribution in [2.75, 3.05) is 56.5 Å². The summed E-state index contributed by atoms with van der Waals surface area (Å²) in [6, 6.07) is 14.5. The highest BCUT2D eigenvalue weighted by Crippen LogP contribution is 2.22. The Labute approximate surface area is 196 Å². The number of piperazine rings is 1. The fourth-order valence-electron chi connectivity index (χ4n) is 4.49. The zero-order chi connectivity index (χ0) is 23.0. The summed E-state index contributed by atoms with van der Waals surface area (Å²) < 4.78 is 5.91. The third kappa shape index (κ3) is 6.26. The molecule has 0 aliphatic carbocycles. The minimum atomic E-state index is -0.146. The van der Waals surface area contributed by atoms with E-state index in [-0.39, 0.29) is 18.4 Å². The number of carbonyl (C=O) groups excluding carboxylic acids is 2. The van der Waals surface area contributed by atoms with Crippen molar-refractivity contribution in [1.82, 2.24) is 9.80 Å². The van der Waals surface area contributed by atoms with Crippen LogP contribution >= 0.6 is 0 Å². The maximum Gasteiger partial charge on any atom is 0.254 e. The van der Waals surface area contributed by atoms with E-state index in [1.807, 2.05) is 24.3 Å². The molecule has 2 aliphatic heterocycles. The molecule has 0 unspecified atom stereocenters. The standard InChI is InChI=1S/C26H34N4O3/c27-22-8-6-21(7-9-22)26(32)29-17-18-30(25(31)20-29)23-10-12-24(13-11-23)33-19-5-16-28-14-3-1-2-4-15-28/h6-13H,1-5,14-20,27H2. The molecule has 176 valence electrons. The highest BCUT2D eigenvalue weighted by molar-refractivity contribution is 6.01. The van der Waals surface area contributed by atoms with Gasteiger partial charge in [0.1, 0.15) is 12.3 Å². The van der Waals surface area contributed by atoms with Gasteiger partial charge in [0.2, 0.25) is 5.91 Å². The van der Waals surface area contributed by atoms with Gasteiger partial charge < -0.3 is 25.2 Å². The molecule has 0 radical (unpaired) electrons. The van der Waals surface area contributed by atoms with E-state index in [4.69, 9.17) is 10.5 Å². The molecule has 2 N–H and O–H groups in total. The Morgan fingerprint density at radius 2 is 1.58 bits per heavy atom. The number of nitrogens with zero attached hydrogens (tertiary/aromatic N) is 3. The Balaban J connectivity index is 1.23. The topological polar surface area (TPSA) is 79.1 Å². The van der Waals surface area contributed by atoms with Gasteiger partial charge in [-0.25, -0.2) is 0 Å². The molecule has 0 spiro atoms. The number of nitrogens with two attached hydrogens (primary N) is 1. The van der Waals surface area contributed by atoms with Gasteiger partial charge in [-0.2, -0.15) is 0 Å². The van der Waals surface area contributed by atoms with E-state index in [1.165, 1.54) is 38.8 Å². The number of ether oxygens (including phenoxy) is 1. The third-order valence-electron chi connectivity index (χ3n) is 6.40. The maximum atomic E-state index is 12.7. The third-order valence-corrected chi connectivity index (χ3v) is 6.40. The van der Waals surface area contributed by atoms with Crippen LogP contribution in [0.4, 0.5) is 11.4 Å². The number of nitrogen functional groups attached to an aromatic ring is 1. The van der Waals surface area contributed by atoms with Crippen LogP contribution in [0.1, 0.15) is 42.5 Å². The molecule has 4 rings (SSSR count). The van der Waals surface area contributed by atoms with Gasteiger partial charge in [0.25, 0.3) is 5.91 Å². The Hall–Kier alpha value is -3.06. The molecule has 2 saturated heterocycles. The molecule has 2 aliphatic rings. The van der Waals surface area contributed by atoms with Crippen LogP contribution < -0.4 is 15.4 Å². The number of rotatable bonds is 7. The molecule has 0 bridgehead atoms. The number of hydrogen-bond donors (Lipinski definition) is 1. The maximum absolute atomic E-state index is 12.7. The molecule has 7 heteroatoms. The average Bonchev–Trinajstić information content (AvgIpc) is 3.11. The van der Waals surface area contributed by atoms with Crippen molar-refractivity contribution in [2.24, 2.45) is 0 Å². The van der Waals surface area contributed by atoms with Gasteiger partial charge in [0, 0.05) is 36.6 Å². The summed E-state index contributed by atoms with van der Waals surface area (Å²) in [4.78, 5) is 31.3. The first kappa shape index (κ1) is 23.1. The summed E-state index contributed by atoms with van der Waals surface area (Å²) in [5.41, 5.74) is 7.68. The fourth-order valence-corrected chi connectivity index (χ4v) is 4.49. The van der Waals surface area contributed by atoms with Gasteiger partial charge in [-0.15, -0.1) is 0 Å². The number of likely N-dealkylation sites (tertiary alicyclic amines) is 1. The monoisotopic (exact) mass is 450 g/mol. The van der Waals surface area contributed by atoms with Crippen LogP contribution in [-0.2, 0) is 4.79 Å². The summed E-state index contributed by atoms with van der Waals surface area (Å²) >= 11 is 0. The number of carbonyl (C=O) groups is 2. The Bertz CT molecular complexity index is 922. The van der Waals surface area contributed by atoms with Crippen LogP contribution in [0.25, 0.3) is 0 Å². The molecule has 7 nitrogen and oxygen atoms in total. The molecule has 0 atom stereocenters. The molecule has 33 heavy (non-hydrogen) atoms. The molecule has 2 heterocycles. The van der Waals surface area contributed by atoms with Gasteiger partial charge in [-0.05, 0) is 80.9 Å². The highest BCUT2D eigenvalue weighted by Gasteiger charge is 2.28. The summed E-state index contributed by atoms with van der Waals surface area (Å²) in [5.74, 6) is 0.585. The van der Waals surface area contributed by atoms with E-state index in [0.29, 0.717) is 30.9 Å². The largest absolute Gasteiger partial charge is 0.494 e. The predicted octanol–water partition coefficient (Wildman–Crippen LogP) is 3.40. The second-order valence-electron chi connectivity index (χ2n) is 8.85. The molecule has 0 saturated carbocycles. The lowest BCUT2D eigenvalue weighted by Crippen LogP contribution is -2.52. The molecule has 2 aromatic rings. The fraction of sp³-hybridized carbons (Fsp3) is 0.462. The van der Waals surface area contributed by atoms with Crippen molar-refractivity contribution < 1.29 is 14.3 Å². The molecule has 0 aromatic heterocycles. The second kappa shape index (κ2) is 11.2. The first-order chi connectivity index (χ1) is 16.1. The highest BCUT2D eigenvalue weighted by atomic mass is 16.5. The first-order valence-electron chi connectivity index (χ1n) is 12.0. The van der Waals surface area contributed by atoms with Crippen molar-refractivity contribution >= 4 is 23.2 Å². The van der Waals surface area contributed by atoms with Crippen LogP contribution in [0.3, 0.4) is 0 Å². The summed E-state index contributed by atoms with van der Waals surface area (Å²) in [6.45, 7) is 5.23. The van der Waals surface area contributed by atoms with E-state index >= 15 is 0 Å². The van der Waals surface area contributed by atoms with Gasteiger partial charge in [-0.1, -0.05) is 12.8 Å². The van der Waals surface area contributed by atoms with Crippen LogP contribution in [0, 0.1) is 0 Å². The van der Waals surface area contributed by atoms with Gasteiger partial charge >= 0.3 is 0 Å². The van der Waals surface area contributed by atoms with Crippen LogP contribution in [0.15, 0.2) is 48.5 Å². The van der Waals surface area contributed by atoms with Crippen LogP contribution in [0.2, 0.25) is 0 Å². The minimum Gasteiger partial charge on any atom is -0.494 e. The molecular weight excluding hydrogens is 416 g/mol. The summed E-state index contributed by atoms with van der Waals surface area (Å²) in [5, 5.41) is 0. The second-order valence-corrected chi connectivity index (χ2v) is 8.85. The lowest BCUT2D eigenvalue weighted by molar-refractivity contribution is -0.120. The first-order valence-corrected chi connectivity index (χ1v) is 12.0. The van der Waals surface area contributed by atoms with E-state index in [2.05, 4.69) is 4.90 Å². The molecule has 2 amide bonds. The van der Waals surface area contributed by atoms with Crippen LogP contribution in [-0.4, -0.2) is 67.5 Å². The SMILES string of the molecule is Nc1ccc(C(=O)N2CCN(c3ccc(OCCCN4CCCCCC4)cc3)C(=O)C2)cc1. The smallest absolute Gasteiger partial charge is 0.254 e. The van der Waals surface area contributed by atoms with E-state index < -0.39 is 0 Å². The van der Waals surface area contributed by atoms with Crippen molar-refractivity contribution in [1.29, 1.82) is 0 Å². The van der Waals surface area contributed by atoms with Crippen molar-refractivity contribution in [2.45, 2.75) is 32.1 Å². The van der Waals surface area contributed by atoms with Crippen LogP contribution in [0.5, 0.6) is 5.75 Å². The average molecular weight is 451 g/mol. The number of benzene rings is 2. The lowest BCUT2D eigenvalue weighted by atomic mass is 10.1. The minimum absolute atomic E-state index is 0.0674. The summed E-state index contributed by atoms with van der Waals surface area (Å²) in [7, 11) is 0. The Kier molecular flexibility index (Phi) is 7.83.